The Hall–Kier alpha value is -6.45. The van der Waals surface area contributed by atoms with Crippen LogP contribution in [0.25, 0.3) is 66.8 Å². The lowest BCUT2D eigenvalue weighted by atomic mass is 9.75. The van der Waals surface area contributed by atoms with Crippen LogP contribution in [0.3, 0.4) is 0 Å². The van der Waals surface area contributed by atoms with Gasteiger partial charge in [-0.1, -0.05) is 146 Å². The SMILES string of the molecule is c1ccc(-c2cc(-c3ccccc3)n(-c3cc(C4Cc5ccccc5-c5ccccc54)cc(-n4c5ccccc5c5ccccc54)c3)n2)cc1. The van der Waals surface area contributed by atoms with Gasteiger partial charge in [0.15, 0.2) is 0 Å². The van der Waals surface area contributed by atoms with Crippen LogP contribution in [0.2, 0.25) is 0 Å². The Kier molecular flexibility index (Phi) is 6.63. The van der Waals surface area contributed by atoms with Crippen LogP contribution in [0.1, 0.15) is 22.6 Å². The van der Waals surface area contributed by atoms with Gasteiger partial charge >= 0.3 is 0 Å². The lowest BCUT2D eigenvalue weighted by Gasteiger charge is -2.29. The molecular weight excluding hydrogens is 607 g/mol. The first-order valence-electron chi connectivity index (χ1n) is 17.3. The van der Waals surface area contributed by atoms with Gasteiger partial charge in [-0.25, -0.2) is 4.68 Å². The maximum absolute atomic E-state index is 5.35. The number of hydrogen-bond donors (Lipinski definition) is 0. The van der Waals surface area contributed by atoms with Crippen LogP contribution in [0.5, 0.6) is 0 Å². The zero-order chi connectivity index (χ0) is 33.0. The second kappa shape index (κ2) is 11.6. The van der Waals surface area contributed by atoms with Gasteiger partial charge in [-0.15, -0.1) is 0 Å². The third-order valence-electron chi connectivity index (χ3n) is 10.3. The Morgan fingerprint density at radius 2 is 1.06 bits per heavy atom. The van der Waals surface area contributed by atoms with Crippen molar-refractivity contribution in [3.05, 3.63) is 199 Å². The van der Waals surface area contributed by atoms with Gasteiger partial charge < -0.3 is 4.57 Å². The van der Waals surface area contributed by atoms with E-state index in [0.29, 0.717) is 0 Å². The quantitative estimate of drug-likeness (QED) is 0.184. The molecule has 1 aliphatic rings. The Balaban J connectivity index is 1.26. The summed E-state index contributed by atoms with van der Waals surface area (Å²) in [6.45, 7) is 0. The maximum atomic E-state index is 5.35. The number of hydrogen-bond acceptors (Lipinski definition) is 1. The van der Waals surface area contributed by atoms with E-state index in [9.17, 15) is 0 Å². The van der Waals surface area contributed by atoms with Gasteiger partial charge in [-0.3, -0.25) is 0 Å². The summed E-state index contributed by atoms with van der Waals surface area (Å²) in [6, 6.07) is 65.8. The molecule has 50 heavy (non-hydrogen) atoms. The molecule has 2 aromatic heterocycles. The van der Waals surface area contributed by atoms with Crippen molar-refractivity contribution in [2.24, 2.45) is 0 Å². The smallest absolute Gasteiger partial charge is 0.0934 e. The van der Waals surface area contributed by atoms with Crippen molar-refractivity contribution >= 4 is 21.8 Å². The van der Waals surface area contributed by atoms with Crippen molar-refractivity contribution in [1.29, 1.82) is 0 Å². The summed E-state index contributed by atoms with van der Waals surface area (Å²) in [6.07, 6.45) is 0.934. The summed E-state index contributed by atoms with van der Waals surface area (Å²) in [5, 5.41) is 7.85. The molecule has 0 aliphatic heterocycles. The monoisotopic (exact) mass is 639 g/mol. The van der Waals surface area contributed by atoms with Gasteiger partial charge in [-0.2, -0.15) is 5.10 Å². The molecule has 2 heterocycles. The summed E-state index contributed by atoms with van der Waals surface area (Å²) in [7, 11) is 0. The first-order chi connectivity index (χ1) is 24.8. The van der Waals surface area contributed by atoms with Crippen molar-refractivity contribution in [2.45, 2.75) is 12.3 Å². The van der Waals surface area contributed by atoms with Crippen LogP contribution in [-0.2, 0) is 6.42 Å². The first-order valence-corrected chi connectivity index (χ1v) is 17.3. The van der Waals surface area contributed by atoms with Gasteiger partial charge in [0.25, 0.3) is 0 Å². The van der Waals surface area contributed by atoms with E-state index in [-0.39, 0.29) is 5.92 Å². The molecule has 236 valence electrons. The van der Waals surface area contributed by atoms with E-state index >= 15 is 0 Å². The number of rotatable bonds is 5. The lowest BCUT2D eigenvalue weighted by Crippen LogP contribution is -2.14. The number of nitrogens with zero attached hydrogens (tertiary/aromatic N) is 3. The molecule has 0 amide bonds. The third kappa shape index (κ3) is 4.62. The van der Waals surface area contributed by atoms with E-state index in [1.807, 2.05) is 0 Å². The fourth-order valence-corrected chi connectivity index (χ4v) is 8.05. The second-order valence-corrected chi connectivity index (χ2v) is 13.2. The minimum absolute atomic E-state index is 0.178. The van der Waals surface area contributed by atoms with Gasteiger partial charge in [0.05, 0.1) is 28.1 Å². The third-order valence-corrected chi connectivity index (χ3v) is 10.3. The number of aromatic nitrogens is 3. The second-order valence-electron chi connectivity index (χ2n) is 13.2. The zero-order valence-corrected chi connectivity index (χ0v) is 27.4. The van der Waals surface area contributed by atoms with E-state index in [2.05, 4.69) is 191 Å². The molecule has 1 unspecified atom stereocenters. The van der Waals surface area contributed by atoms with Crippen LogP contribution >= 0.6 is 0 Å². The zero-order valence-electron chi connectivity index (χ0n) is 27.4. The Morgan fingerprint density at radius 1 is 0.480 bits per heavy atom. The predicted molar refractivity (Wildman–Crippen MR) is 206 cm³/mol. The topological polar surface area (TPSA) is 22.8 Å². The van der Waals surface area contributed by atoms with Gasteiger partial charge in [-0.05, 0) is 70.6 Å². The molecule has 7 aromatic carbocycles. The molecule has 0 fully saturated rings. The molecule has 3 nitrogen and oxygen atoms in total. The molecule has 1 atom stereocenters. The largest absolute Gasteiger partial charge is 0.309 e. The van der Waals surface area contributed by atoms with Crippen molar-refractivity contribution in [2.75, 3.05) is 0 Å². The van der Waals surface area contributed by atoms with Crippen molar-refractivity contribution in [3.63, 3.8) is 0 Å². The number of benzene rings is 7. The molecule has 0 radical (unpaired) electrons. The fourth-order valence-electron chi connectivity index (χ4n) is 8.05. The summed E-state index contributed by atoms with van der Waals surface area (Å²) >= 11 is 0. The fraction of sp³-hybridized carbons (Fsp3) is 0.0426. The molecule has 3 heteroatoms. The summed E-state index contributed by atoms with van der Waals surface area (Å²) in [4.78, 5) is 0. The van der Waals surface area contributed by atoms with E-state index in [4.69, 9.17) is 5.10 Å². The van der Waals surface area contributed by atoms with Crippen LogP contribution in [-0.4, -0.2) is 14.3 Å². The average molecular weight is 640 g/mol. The standard InChI is InChI=1S/C47H33N3/c1-3-15-32(16-4-1)44-31-47(33-17-5-2-6-18-33)50(48-44)37-28-35(43-29-34-19-7-8-20-38(34)39-21-9-10-22-40(39)43)27-36(30-37)49-45-25-13-11-23-41(45)42-24-12-14-26-46(42)49/h1-28,30-31,43H,29H2. The molecular formula is C47H33N3. The number of fused-ring (bicyclic) bond motifs is 6. The Bertz CT molecular complexity index is 2630. The summed E-state index contributed by atoms with van der Waals surface area (Å²) in [5.41, 5.74) is 15.5. The molecule has 0 saturated heterocycles. The van der Waals surface area contributed by atoms with Gasteiger partial charge in [0.1, 0.15) is 0 Å². The van der Waals surface area contributed by atoms with Crippen LogP contribution in [0, 0.1) is 0 Å². The van der Waals surface area contributed by atoms with E-state index in [1.165, 1.54) is 49.6 Å². The summed E-state index contributed by atoms with van der Waals surface area (Å²) < 4.78 is 4.59. The maximum Gasteiger partial charge on any atom is 0.0934 e. The lowest BCUT2D eigenvalue weighted by molar-refractivity contribution is 0.787. The van der Waals surface area contributed by atoms with Gasteiger partial charge in [0.2, 0.25) is 0 Å². The van der Waals surface area contributed by atoms with E-state index in [1.54, 1.807) is 0 Å². The molecule has 0 bridgehead atoms. The van der Waals surface area contributed by atoms with Gasteiger partial charge in [0, 0.05) is 33.5 Å². The molecule has 10 rings (SSSR count). The molecule has 9 aromatic rings. The molecule has 0 N–H and O–H groups in total. The Morgan fingerprint density at radius 3 is 1.80 bits per heavy atom. The van der Waals surface area contributed by atoms with Crippen LogP contribution < -0.4 is 0 Å². The number of para-hydroxylation sites is 2. The minimum Gasteiger partial charge on any atom is -0.309 e. The highest BCUT2D eigenvalue weighted by atomic mass is 15.3. The van der Waals surface area contributed by atoms with E-state index in [0.717, 1.165) is 40.3 Å². The van der Waals surface area contributed by atoms with Crippen molar-refractivity contribution in [1.82, 2.24) is 14.3 Å². The normalized spacial score (nSPS) is 13.7. The van der Waals surface area contributed by atoms with Crippen LogP contribution in [0.15, 0.2) is 182 Å². The highest BCUT2D eigenvalue weighted by Gasteiger charge is 2.27. The predicted octanol–water partition coefficient (Wildman–Crippen LogP) is 11.7. The van der Waals surface area contributed by atoms with E-state index < -0.39 is 0 Å². The molecule has 0 spiro atoms. The highest BCUT2D eigenvalue weighted by Crippen LogP contribution is 2.44. The molecule has 1 aliphatic carbocycles. The average Bonchev–Trinajstić information content (AvgIpc) is 3.79. The Labute approximate surface area is 291 Å². The summed E-state index contributed by atoms with van der Waals surface area (Å²) in [5.74, 6) is 0.178. The van der Waals surface area contributed by atoms with Crippen molar-refractivity contribution < 1.29 is 0 Å². The minimum atomic E-state index is 0.178. The van der Waals surface area contributed by atoms with Crippen LogP contribution in [0.4, 0.5) is 0 Å². The molecule has 0 saturated carbocycles. The highest BCUT2D eigenvalue weighted by molar-refractivity contribution is 6.09. The van der Waals surface area contributed by atoms with Crippen molar-refractivity contribution in [3.8, 4) is 45.0 Å². The first kappa shape index (κ1) is 28.6.